The van der Waals surface area contributed by atoms with Gasteiger partial charge in [0.05, 0.1) is 11.3 Å². The number of benzene rings is 2. The first-order valence-corrected chi connectivity index (χ1v) is 6.48. The van der Waals surface area contributed by atoms with E-state index in [1.54, 1.807) is 12.1 Å². The molecule has 110 valence electrons. The fourth-order valence-electron chi connectivity index (χ4n) is 1.87. The second-order valence-corrected chi connectivity index (χ2v) is 5.00. The van der Waals surface area contributed by atoms with Crippen molar-refractivity contribution in [3.05, 3.63) is 53.3 Å². The lowest BCUT2D eigenvalue weighted by Crippen LogP contribution is -2.03. The molecule has 0 aromatic heterocycles. The molecule has 0 amide bonds. The number of nitrogen functional groups attached to an aromatic ring is 1. The first-order valence-electron chi connectivity index (χ1n) is 6.48. The van der Waals surface area contributed by atoms with E-state index in [2.05, 4.69) is 13.8 Å². The Morgan fingerprint density at radius 3 is 2.38 bits per heavy atom. The average Bonchev–Trinajstić information content (AvgIpc) is 2.42. The summed E-state index contributed by atoms with van der Waals surface area (Å²) in [7, 11) is 0. The molecular weight excluding hydrogens is 273 g/mol. The Labute approximate surface area is 122 Å². The van der Waals surface area contributed by atoms with Gasteiger partial charge in [0.25, 0.3) is 0 Å². The van der Waals surface area contributed by atoms with E-state index in [1.807, 2.05) is 12.1 Å². The predicted octanol–water partition coefficient (Wildman–Crippen LogP) is 4.02. The molecule has 2 aromatic rings. The van der Waals surface area contributed by atoms with Crippen LogP contribution >= 0.6 is 0 Å². The number of nitrogens with two attached hydrogens (primary N) is 1. The molecule has 3 N–H and O–H groups in total. The van der Waals surface area contributed by atoms with Crippen molar-refractivity contribution in [3.8, 4) is 11.5 Å². The molecule has 0 atom stereocenters. The van der Waals surface area contributed by atoms with Gasteiger partial charge in [-0.2, -0.15) is 0 Å². The Bertz CT molecular complexity index is 666. The standard InChI is InChI=1S/C16H16FNO3/c1-9(2)10-3-5-11(6-4-10)21-15-8-13(17)12(16(19)20)7-14(15)18/h3-9H,18H2,1-2H3,(H,19,20). The van der Waals surface area contributed by atoms with Crippen LogP contribution in [0.3, 0.4) is 0 Å². The summed E-state index contributed by atoms with van der Waals surface area (Å²) in [5.41, 5.74) is 6.45. The second-order valence-electron chi connectivity index (χ2n) is 5.00. The van der Waals surface area contributed by atoms with E-state index in [1.165, 1.54) is 0 Å². The number of halogens is 1. The molecular formula is C16H16FNO3. The van der Waals surface area contributed by atoms with Crippen LogP contribution in [0.15, 0.2) is 36.4 Å². The number of anilines is 1. The number of rotatable bonds is 4. The van der Waals surface area contributed by atoms with Crippen molar-refractivity contribution in [2.75, 3.05) is 5.73 Å². The van der Waals surface area contributed by atoms with Gasteiger partial charge in [-0.1, -0.05) is 26.0 Å². The van der Waals surface area contributed by atoms with Crippen LogP contribution in [0.2, 0.25) is 0 Å². The predicted molar refractivity (Wildman–Crippen MR) is 78.4 cm³/mol. The minimum Gasteiger partial charge on any atom is -0.478 e. The summed E-state index contributed by atoms with van der Waals surface area (Å²) in [5.74, 6) is -1.25. The molecule has 0 fully saturated rings. The van der Waals surface area contributed by atoms with E-state index in [0.717, 1.165) is 17.7 Å². The summed E-state index contributed by atoms with van der Waals surface area (Å²) in [6.07, 6.45) is 0. The largest absolute Gasteiger partial charge is 0.478 e. The van der Waals surface area contributed by atoms with Gasteiger partial charge in [-0.3, -0.25) is 0 Å². The third kappa shape index (κ3) is 3.31. The van der Waals surface area contributed by atoms with Gasteiger partial charge >= 0.3 is 5.97 Å². The molecule has 2 aromatic carbocycles. The summed E-state index contributed by atoms with van der Waals surface area (Å²) in [6.45, 7) is 4.15. The van der Waals surface area contributed by atoms with Crippen molar-refractivity contribution in [2.45, 2.75) is 19.8 Å². The molecule has 21 heavy (non-hydrogen) atoms. The normalized spacial score (nSPS) is 10.7. The number of hydrogen-bond donors (Lipinski definition) is 2. The van der Waals surface area contributed by atoms with E-state index < -0.39 is 17.3 Å². The van der Waals surface area contributed by atoms with Crippen LogP contribution in [-0.2, 0) is 0 Å². The summed E-state index contributed by atoms with van der Waals surface area (Å²) in [4.78, 5) is 10.8. The average molecular weight is 289 g/mol. The van der Waals surface area contributed by atoms with Crippen molar-refractivity contribution in [1.29, 1.82) is 0 Å². The number of carbonyl (C=O) groups is 1. The minimum atomic E-state index is -1.37. The third-order valence-corrected chi connectivity index (χ3v) is 3.10. The van der Waals surface area contributed by atoms with Crippen LogP contribution in [-0.4, -0.2) is 11.1 Å². The van der Waals surface area contributed by atoms with Crippen molar-refractivity contribution in [1.82, 2.24) is 0 Å². The maximum atomic E-state index is 13.6. The maximum Gasteiger partial charge on any atom is 0.338 e. The molecule has 0 aliphatic heterocycles. The fourth-order valence-corrected chi connectivity index (χ4v) is 1.87. The Morgan fingerprint density at radius 1 is 1.24 bits per heavy atom. The third-order valence-electron chi connectivity index (χ3n) is 3.10. The van der Waals surface area contributed by atoms with Gasteiger partial charge in [0.15, 0.2) is 5.75 Å². The first kappa shape index (κ1) is 14.8. The van der Waals surface area contributed by atoms with Gasteiger partial charge in [-0.05, 0) is 29.7 Å². The molecule has 0 unspecified atom stereocenters. The van der Waals surface area contributed by atoms with Crippen LogP contribution in [0, 0.1) is 5.82 Å². The van der Waals surface area contributed by atoms with Crippen molar-refractivity contribution in [2.24, 2.45) is 0 Å². The Balaban J connectivity index is 2.27. The molecule has 0 aliphatic rings. The molecule has 0 heterocycles. The van der Waals surface area contributed by atoms with Crippen LogP contribution < -0.4 is 10.5 Å². The van der Waals surface area contributed by atoms with Gasteiger partial charge in [0, 0.05) is 6.07 Å². The minimum absolute atomic E-state index is 0.0711. The summed E-state index contributed by atoms with van der Waals surface area (Å²) in [5, 5.41) is 8.82. The van der Waals surface area contributed by atoms with Gasteiger partial charge in [-0.15, -0.1) is 0 Å². The number of carboxylic acids is 1. The molecule has 0 bridgehead atoms. The Morgan fingerprint density at radius 2 is 1.86 bits per heavy atom. The van der Waals surface area contributed by atoms with Crippen molar-refractivity contribution >= 4 is 11.7 Å². The highest BCUT2D eigenvalue weighted by atomic mass is 19.1. The zero-order valence-corrected chi connectivity index (χ0v) is 11.8. The Kier molecular flexibility index (Phi) is 4.12. The van der Waals surface area contributed by atoms with E-state index in [-0.39, 0.29) is 11.4 Å². The fraction of sp³-hybridized carbons (Fsp3) is 0.188. The van der Waals surface area contributed by atoms with Gasteiger partial charge < -0.3 is 15.6 Å². The number of hydrogen-bond acceptors (Lipinski definition) is 3. The molecule has 0 spiro atoms. The highest BCUT2D eigenvalue weighted by molar-refractivity contribution is 5.89. The van der Waals surface area contributed by atoms with Crippen LogP contribution in [0.25, 0.3) is 0 Å². The molecule has 0 aliphatic carbocycles. The van der Waals surface area contributed by atoms with E-state index in [4.69, 9.17) is 15.6 Å². The molecule has 0 saturated carbocycles. The first-order chi connectivity index (χ1) is 9.88. The summed E-state index contributed by atoms with van der Waals surface area (Å²) < 4.78 is 19.1. The SMILES string of the molecule is CC(C)c1ccc(Oc2cc(F)c(C(=O)O)cc2N)cc1. The number of carboxylic acid groups (broad SMARTS) is 1. The van der Waals surface area contributed by atoms with Crippen LogP contribution in [0.4, 0.5) is 10.1 Å². The lowest BCUT2D eigenvalue weighted by molar-refractivity contribution is 0.0692. The smallest absolute Gasteiger partial charge is 0.338 e. The van der Waals surface area contributed by atoms with E-state index in [9.17, 15) is 9.18 Å². The highest BCUT2D eigenvalue weighted by Gasteiger charge is 2.15. The van der Waals surface area contributed by atoms with E-state index >= 15 is 0 Å². The monoisotopic (exact) mass is 289 g/mol. The summed E-state index contributed by atoms with van der Waals surface area (Å²) >= 11 is 0. The lowest BCUT2D eigenvalue weighted by Gasteiger charge is -2.11. The van der Waals surface area contributed by atoms with Crippen molar-refractivity contribution < 1.29 is 19.0 Å². The number of ether oxygens (including phenoxy) is 1. The molecule has 4 nitrogen and oxygen atoms in total. The van der Waals surface area contributed by atoms with Crippen LogP contribution in [0.1, 0.15) is 35.7 Å². The topological polar surface area (TPSA) is 72.5 Å². The zero-order chi connectivity index (χ0) is 15.6. The highest BCUT2D eigenvalue weighted by Crippen LogP contribution is 2.30. The molecule has 5 heteroatoms. The zero-order valence-electron chi connectivity index (χ0n) is 11.8. The summed E-state index contributed by atoms with van der Waals surface area (Å²) in [6, 6.07) is 9.39. The lowest BCUT2D eigenvalue weighted by atomic mass is 10.0. The quantitative estimate of drug-likeness (QED) is 0.834. The molecule has 2 rings (SSSR count). The second kappa shape index (κ2) is 5.83. The Hall–Kier alpha value is -2.56. The molecule has 0 saturated heterocycles. The van der Waals surface area contributed by atoms with Crippen LogP contribution in [0.5, 0.6) is 11.5 Å². The van der Waals surface area contributed by atoms with Crippen molar-refractivity contribution in [3.63, 3.8) is 0 Å². The maximum absolute atomic E-state index is 13.6. The number of aromatic carboxylic acids is 1. The van der Waals surface area contributed by atoms with Gasteiger partial charge in [0.1, 0.15) is 11.6 Å². The van der Waals surface area contributed by atoms with Gasteiger partial charge in [-0.25, -0.2) is 9.18 Å². The van der Waals surface area contributed by atoms with E-state index in [0.29, 0.717) is 11.7 Å². The van der Waals surface area contributed by atoms with Gasteiger partial charge in [0.2, 0.25) is 0 Å². The molecule has 0 radical (unpaired) electrons.